The van der Waals surface area contributed by atoms with E-state index in [4.69, 9.17) is 4.84 Å². The zero-order valence-corrected chi connectivity index (χ0v) is 9.70. The number of hydrogen-bond acceptors (Lipinski definition) is 3. The summed E-state index contributed by atoms with van der Waals surface area (Å²) in [7, 11) is 3.00. The fourth-order valence-corrected chi connectivity index (χ4v) is 1.42. The van der Waals surface area contributed by atoms with E-state index in [1.165, 1.54) is 13.3 Å². The van der Waals surface area contributed by atoms with Crippen molar-refractivity contribution in [3.63, 3.8) is 0 Å². The van der Waals surface area contributed by atoms with Crippen LogP contribution in [0.2, 0.25) is 0 Å². The number of nitrogens with zero attached hydrogens (tertiary/aromatic N) is 3. The number of benzene rings is 1. The Labute approximate surface area is 99.2 Å². The van der Waals surface area contributed by atoms with Crippen LogP contribution in [0.5, 0.6) is 0 Å². The van der Waals surface area contributed by atoms with Crippen molar-refractivity contribution >= 4 is 5.91 Å². The van der Waals surface area contributed by atoms with E-state index in [9.17, 15) is 4.79 Å². The molecule has 0 atom stereocenters. The summed E-state index contributed by atoms with van der Waals surface area (Å²) in [5, 5.41) is 5.30. The number of amides is 1. The third-order valence-electron chi connectivity index (χ3n) is 2.41. The Kier molecular flexibility index (Phi) is 3.20. The van der Waals surface area contributed by atoms with E-state index in [0.717, 1.165) is 10.8 Å². The molecule has 5 heteroatoms. The van der Waals surface area contributed by atoms with E-state index in [2.05, 4.69) is 5.10 Å². The minimum Gasteiger partial charge on any atom is -0.274 e. The first-order chi connectivity index (χ1) is 8.22. The fraction of sp³-hybridized carbons (Fsp3) is 0.167. The Hall–Kier alpha value is -2.14. The predicted octanol–water partition coefficient (Wildman–Crippen LogP) is 1.51. The lowest BCUT2D eigenvalue weighted by Gasteiger charge is -2.11. The Morgan fingerprint density at radius 3 is 2.71 bits per heavy atom. The van der Waals surface area contributed by atoms with Crippen LogP contribution in [0.1, 0.15) is 10.4 Å². The molecule has 0 radical (unpaired) electrons. The largest absolute Gasteiger partial charge is 0.280 e. The van der Waals surface area contributed by atoms with Crippen LogP contribution in [-0.2, 0) is 4.84 Å². The first-order valence-electron chi connectivity index (χ1n) is 5.14. The van der Waals surface area contributed by atoms with Gasteiger partial charge in [-0.15, -0.1) is 0 Å². The molecule has 0 aliphatic rings. The van der Waals surface area contributed by atoms with E-state index in [0.29, 0.717) is 5.56 Å². The molecule has 0 aliphatic heterocycles. The second-order valence-electron chi connectivity index (χ2n) is 3.49. The second kappa shape index (κ2) is 4.80. The zero-order chi connectivity index (χ0) is 12.3. The monoisotopic (exact) mass is 231 g/mol. The topological polar surface area (TPSA) is 47.4 Å². The molecule has 1 amide bonds. The Morgan fingerprint density at radius 1 is 1.35 bits per heavy atom. The average molecular weight is 231 g/mol. The number of carbonyl (C=O) groups excluding carboxylic acids is 1. The van der Waals surface area contributed by atoms with Gasteiger partial charge in [-0.3, -0.25) is 9.63 Å². The van der Waals surface area contributed by atoms with Crippen molar-refractivity contribution in [3.05, 3.63) is 48.3 Å². The normalized spacial score (nSPS) is 10.2. The van der Waals surface area contributed by atoms with Gasteiger partial charge in [-0.1, -0.05) is 18.2 Å². The molecular weight excluding hydrogens is 218 g/mol. The zero-order valence-electron chi connectivity index (χ0n) is 9.70. The maximum atomic E-state index is 11.8. The quantitative estimate of drug-likeness (QED) is 0.752. The minimum atomic E-state index is -0.227. The van der Waals surface area contributed by atoms with Gasteiger partial charge in [0.05, 0.1) is 24.6 Å². The molecule has 1 aromatic carbocycles. The molecule has 2 rings (SSSR count). The van der Waals surface area contributed by atoms with Crippen molar-refractivity contribution in [2.75, 3.05) is 14.2 Å². The van der Waals surface area contributed by atoms with Gasteiger partial charge in [-0.25, -0.2) is 9.75 Å². The molecule has 0 unspecified atom stereocenters. The summed E-state index contributed by atoms with van der Waals surface area (Å²) in [5.41, 5.74) is 1.39. The van der Waals surface area contributed by atoms with Crippen molar-refractivity contribution in [1.82, 2.24) is 14.8 Å². The van der Waals surface area contributed by atoms with Crippen molar-refractivity contribution in [2.24, 2.45) is 0 Å². The fourth-order valence-electron chi connectivity index (χ4n) is 1.42. The summed E-state index contributed by atoms with van der Waals surface area (Å²) < 4.78 is 1.65. The highest BCUT2D eigenvalue weighted by Gasteiger charge is 2.13. The molecule has 0 bridgehead atoms. The van der Waals surface area contributed by atoms with Crippen LogP contribution in [0.3, 0.4) is 0 Å². The molecule has 0 saturated carbocycles. The third kappa shape index (κ3) is 2.34. The molecule has 0 fully saturated rings. The number of aromatic nitrogens is 2. The van der Waals surface area contributed by atoms with Crippen molar-refractivity contribution in [2.45, 2.75) is 0 Å². The highest BCUT2D eigenvalue weighted by Crippen LogP contribution is 2.09. The maximum Gasteiger partial charge on any atom is 0.280 e. The van der Waals surface area contributed by atoms with E-state index >= 15 is 0 Å². The van der Waals surface area contributed by atoms with Gasteiger partial charge in [0, 0.05) is 13.2 Å². The van der Waals surface area contributed by atoms with Gasteiger partial charge in [0.1, 0.15) is 0 Å². The smallest absolute Gasteiger partial charge is 0.274 e. The lowest BCUT2D eigenvalue weighted by molar-refractivity contribution is -0.0757. The molecule has 0 spiro atoms. The van der Waals surface area contributed by atoms with Crippen LogP contribution >= 0.6 is 0 Å². The minimum absolute atomic E-state index is 0.227. The van der Waals surface area contributed by atoms with Gasteiger partial charge in [0.2, 0.25) is 0 Å². The van der Waals surface area contributed by atoms with Crippen molar-refractivity contribution < 1.29 is 9.63 Å². The third-order valence-corrected chi connectivity index (χ3v) is 2.41. The number of hydrogen-bond donors (Lipinski definition) is 0. The molecule has 0 N–H and O–H groups in total. The van der Waals surface area contributed by atoms with Crippen LogP contribution in [-0.4, -0.2) is 34.9 Å². The van der Waals surface area contributed by atoms with E-state index in [1.54, 1.807) is 17.9 Å². The van der Waals surface area contributed by atoms with Gasteiger partial charge in [0.25, 0.3) is 5.91 Å². The molecule has 88 valence electrons. The van der Waals surface area contributed by atoms with E-state index in [-0.39, 0.29) is 5.91 Å². The van der Waals surface area contributed by atoms with Gasteiger partial charge < -0.3 is 0 Å². The molecule has 1 aromatic heterocycles. The molecule has 0 aliphatic carbocycles. The van der Waals surface area contributed by atoms with Gasteiger partial charge >= 0.3 is 0 Å². The molecule has 2 aromatic rings. The van der Waals surface area contributed by atoms with Crippen LogP contribution in [0.4, 0.5) is 0 Å². The van der Waals surface area contributed by atoms with Crippen LogP contribution < -0.4 is 0 Å². The molecule has 17 heavy (non-hydrogen) atoms. The number of para-hydroxylation sites is 1. The Balaban J connectivity index is 2.25. The summed E-state index contributed by atoms with van der Waals surface area (Å²) in [4.78, 5) is 16.6. The molecular formula is C12H13N3O2. The number of carbonyl (C=O) groups is 1. The Morgan fingerprint density at radius 2 is 2.06 bits per heavy atom. The van der Waals surface area contributed by atoms with E-state index in [1.807, 2.05) is 30.3 Å². The summed E-state index contributed by atoms with van der Waals surface area (Å²) >= 11 is 0. The SMILES string of the molecule is CON(C)C(=O)c1cnn(-c2ccccc2)c1. The van der Waals surface area contributed by atoms with Gasteiger partial charge in [0.15, 0.2) is 0 Å². The summed E-state index contributed by atoms with van der Waals surface area (Å²) in [6.45, 7) is 0. The number of rotatable bonds is 3. The number of hydroxylamine groups is 2. The average Bonchev–Trinajstić information content (AvgIpc) is 2.87. The lowest BCUT2D eigenvalue weighted by atomic mass is 10.3. The van der Waals surface area contributed by atoms with Crippen LogP contribution in [0, 0.1) is 0 Å². The predicted molar refractivity (Wildman–Crippen MR) is 62.7 cm³/mol. The second-order valence-corrected chi connectivity index (χ2v) is 3.49. The highest BCUT2D eigenvalue weighted by molar-refractivity contribution is 5.92. The lowest BCUT2D eigenvalue weighted by Crippen LogP contribution is -2.24. The summed E-state index contributed by atoms with van der Waals surface area (Å²) in [6.07, 6.45) is 3.19. The molecule has 1 heterocycles. The summed E-state index contributed by atoms with van der Waals surface area (Å²) in [6, 6.07) is 9.60. The Bertz CT molecular complexity index is 507. The highest BCUT2D eigenvalue weighted by atomic mass is 16.7. The molecule has 0 saturated heterocycles. The first-order valence-corrected chi connectivity index (χ1v) is 5.14. The van der Waals surface area contributed by atoms with E-state index < -0.39 is 0 Å². The first kappa shape index (κ1) is 11.3. The van der Waals surface area contributed by atoms with Gasteiger partial charge in [-0.2, -0.15) is 5.10 Å². The van der Waals surface area contributed by atoms with Crippen molar-refractivity contribution in [1.29, 1.82) is 0 Å². The van der Waals surface area contributed by atoms with Crippen LogP contribution in [0.15, 0.2) is 42.7 Å². The van der Waals surface area contributed by atoms with Gasteiger partial charge in [-0.05, 0) is 12.1 Å². The standard InChI is InChI=1S/C12H13N3O2/c1-14(17-2)12(16)10-8-13-15(9-10)11-6-4-3-5-7-11/h3-9H,1-2H3. The molecule has 5 nitrogen and oxygen atoms in total. The summed E-state index contributed by atoms with van der Waals surface area (Å²) in [5.74, 6) is -0.227. The van der Waals surface area contributed by atoms with Crippen molar-refractivity contribution in [3.8, 4) is 5.69 Å². The maximum absolute atomic E-state index is 11.8. The van der Waals surface area contributed by atoms with Crippen LogP contribution in [0.25, 0.3) is 5.69 Å².